The molecule has 0 aromatic heterocycles. The zero-order chi connectivity index (χ0) is 12.1. The molecule has 0 fully saturated rings. The van der Waals surface area contributed by atoms with E-state index in [1.165, 1.54) is 0 Å². The molecule has 0 bridgehead atoms. The molecule has 0 saturated heterocycles. The van der Waals surface area contributed by atoms with Crippen LogP contribution in [0.15, 0.2) is 17.0 Å². The first-order chi connectivity index (χ1) is 7.34. The van der Waals surface area contributed by atoms with E-state index in [2.05, 4.69) is 0 Å². The first-order valence-corrected chi connectivity index (χ1v) is 6.61. The largest absolute Gasteiger partial charge is 0.223 e. The summed E-state index contributed by atoms with van der Waals surface area (Å²) < 4.78 is 50.0. The Hall–Kier alpha value is -0.970. The van der Waals surface area contributed by atoms with E-state index in [0.29, 0.717) is 12.0 Å². The fourth-order valence-electron chi connectivity index (χ4n) is 2.14. The van der Waals surface area contributed by atoms with Gasteiger partial charge in [0, 0.05) is 0 Å². The van der Waals surface area contributed by atoms with Gasteiger partial charge in [-0.2, -0.15) is 0 Å². The summed E-state index contributed by atoms with van der Waals surface area (Å²) in [5.41, 5.74) is 0.386. The zero-order valence-electron chi connectivity index (χ0n) is 9.00. The fraction of sp³-hybridized carbons (Fsp3) is 0.455. The second-order valence-corrected chi connectivity index (χ2v) is 6.63. The number of benzene rings is 1. The summed E-state index contributed by atoms with van der Waals surface area (Å²) in [7, 11) is -3.50. The molecule has 1 aromatic carbocycles. The summed E-state index contributed by atoms with van der Waals surface area (Å²) in [4.78, 5) is -0.0577. The Morgan fingerprint density at radius 3 is 2.38 bits per heavy atom. The molecule has 0 N–H and O–H groups in total. The second kappa shape index (κ2) is 3.52. The Labute approximate surface area is 93.2 Å². The first-order valence-electron chi connectivity index (χ1n) is 5.07. The lowest BCUT2D eigenvalue weighted by molar-refractivity contribution is 0.491. The van der Waals surface area contributed by atoms with Gasteiger partial charge in [-0.1, -0.05) is 6.92 Å². The van der Waals surface area contributed by atoms with Crippen LogP contribution in [0, 0.1) is 11.6 Å². The SMILES string of the molecule is CC1C[C@H](C)c2cc(F)c(F)cc2S1(=O)=O. The van der Waals surface area contributed by atoms with Crippen molar-refractivity contribution in [1.29, 1.82) is 0 Å². The van der Waals surface area contributed by atoms with Crippen LogP contribution in [0.3, 0.4) is 0 Å². The molecule has 5 heteroatoms. The molecule has 1 aliphatic rings. The minimum absolute atomic E-state index is 0.0577. The van der Waals surface area contributed by atoms with Gasteiger partial charge >= 0.3 is 0 Å². The normalized spacial score (nSPS) is 27.5. The molecule has 2 atom stereocenters. The fourth-order valence-corrected chi connectivity index (χ4v) is 3.98. The van der Waals surface area contributed by atoms with Crippen molar-refractivity contribution < 1.29 is 17.2 Å². The number of hydrogen-bond acceptors (Lipinski definition) is 2. The summed E-state index contributed by atoms with van der Waals surface area (Å²) in [6.07, 6.45) is 0.445. The van der Waals surface area contributed by atoms with Crippen molar-refractivity contribution in [2.45, 2.75) is 36.3 Å². The van der Waals surface area contributed by atoms with E-state index in [-0.39, 0.29) is 10.8 Å². The molecule has 2 nitrogen and oxygen atoms in total. The molecule has 2 rings (SSSR count). The van der Waals surface area contributed by atoms with Gasteiger partial charge < -0.3 is 0 Å². The van der Waals surface area contributed by atoms with Crippen molar-refractivity contribution in [1.82, 2.24) is 0 Å². The van der Waals surface area contributed by atoms with Crippen LogP contribution in [0.25, 0.3) is 0 Å². The summed E-state index contributed by atoms with van der Waals surface area (Å²) in [5.74, 6) is -2.16. The predicted molar refractivity (Wildman–Crippen MR) is 56.0 cm³/mol. The zero-order valence-corrected chi connectivity index (χ0v) is 9.81. The summed E-state index contributed by atoms with van der Waals surface area (Å²) in [5, 5.41) is -0.542. The summed E-state index contributed by atoms with van der Waals surface area (Å²) in [6.45, 7) is 3.41. The Kier molecular flexibility index (Phi) is 2.53. The topological polar surface area (TPSA) is 34.1 Å². The maximum absolute atomic E-state index is 13.1. The number of hydrogen-bond donors (Lipinski definition) is 0. The average molecular weight is 246 g/mol. The van der Waals surface area contributed by atoms with Gasteiger partial charge in [0.15, 0.2) is 21.5 Å². The molecule has 1 heterocycles. The lowest BCUT2D eigenvalue weighted by Crippen LogP contribution is -2.27. The van der Waals surface area contributed by atoms with Crippen LogP contribution in [0.2, 0.25) is 0 Å². The Morgan fingerprint density at radius 1 is 1.19 bits per heavy atom. The monoisotopic (exact) mass is 246 g/mol. The van der Waals surface area contributed by atoms with E-state index in [1.807, 2.05) is 6.92 Å². The predicted octanol–water partition coefficient (Wildman–Crippen LogP) is 2.63. The molecule has 0 saturated carbocycles. The van der Waals surface area contributed by atoms with Crippen molar-refractivity contribution in [3.05, 3.63) is 29.3 Å². The molecule has 0 aliphatic carbocycles. The molecular weight excluding hydrogens is 234 g/mol. The second-order valence-electron chi connectivity index (χ2n) is 4.30. The van der Waals surface area contributed by atoms with E-state index < -0.39 is 26.7 Å². The van der Waals surface area contributed by atoms with Gasteiger partial charge in [-0.05, 0) is 37.0 Å². The van der Waals surface area contributed by atoms with Gasteiger partial charge in [0.25, 0.3) is 0 Å². The lowest BCUT2D eigenvalue weighted by atomic mass is 9.95. The standard InChI is InChI=1S/C11H12F2O2S/c1-6-3-7(2)16(14,15)11-5-10(13)9(12)4-8(6)11/h4-7H,3H2,1-2H3/t6-,7?/m0/s1. The van der Waals surface area contributed by atoms with Crippen molar-refractivity contribution in [2.75, 3.05) is 0 Å². The molecule has 1 aliphatic heterocycles. The highest BCUT2D eigenvalue weighted by Gasteiger charge is 2.35. The Balaban J connectivity index is 2.75. The smallest absolute Gasteiger partial charge is 0.181 e. The van der Waals surface area contributed by atoms with Crippen LogP contribution in [0.4, 0.5) is 8.78 Å². The van der Waals surface area contributed by atoms with E-state index >= 15 is 0 Å². The maximum atomic E-state index is 13.1. The van der Waals surface area contributed by atoms with Gasteiger partial charge in [-0.25, -0.2) is 17.2 Å². The van der Waals surface area contributed by atoms with E-state index in [4.69, 9.17) is 0 Å². The quantitative estimate of drug-likeness (QED) is 0.659. The third kappa shape index (κ3) is 1.54. The first kappa shape index (κ1) is 11.5. The van der Waals surface area contributed by atoms with Gasteiger partial charge in [-0.3, -0.25) is 0 Å². The summed E-state index contributed by atoms with van der Waals surface area (Å²) in [6, 6.07) is 1.80. The van der Waals surface area contributed by atoms with E-state index in [0.717, 1.165) is 12.1 Å². The van der Waals surface area contributed by atoms with Crippen LogP contribution in [0.5, 0.6) is 0 Å². The Morgan fingerprint density at radius 2 is 1.75 bits per heavy atom. The molecule has 0 spiro atoms. The van der Waals surface area contributed by atoms with Crippen molar-refractivity contribution in [3.8, 4) is 0 Å². The summed E-state index contributed by atoms with van der Waals surface area (Å²) >= 11 is 0. The van der Waals surface area contributed by atoms with Crippen molar-refractivity contribution >= 4 is 9.84 Å². The lowest BCUT2D eigenvalue weighted by Gasteiger charge is -2.27. The molecule has 1 aromatic rings. The van der Waals surface area contributed by atoms with Crippen molar-refractivity contribution in [2.24, 2.45) is 0 Å². The minimum Gasteiger partial charge on any atom is -0.223 e. The van der Waals surface area contributed by atoms with E-state index in [1.54, 1.807) is 6.92 Å². The maximum Gasteiger partial charge on any atom is 0.181 e. The third-order valence-corrected chi connectivity index (χ3v) is 5.32. The highest BCUT2D eigenvalue weighted by atomic mass is 32.2. The minimum atomic E-state index is -3.50. The van der Waals surface area contributed by atoms with Gasteiger partial charge in [-0.15, -0.1) is 0 Å². The number of fused-ring (bicyclic) bond motifs is 1. The van der Waals surface area contributed by atoms with E-state index in [9.17, 15) is 17.2 Å². The number of halogens is 2. The number of rotatable bonds is 0. The van der Waals surface area contributed by atoms with Gasteiger partial charge in [0.05, 0.1) is 10.1 Å². The molecule has 0 amide bonds. The van der Waals surface area contributed by atoms with Crippen LogP contribution < -0.4 is 0 Å². The van der Waals surface area contributed by atoms with Gasteiger partial charge in [0.2, 0.25) is 0 Å². The molecular formula is C11H12F2O2S. The third-order valence-electron chi connectivity index (χ3n) is 3.11. The van der Waals surface area contributed by atoms with Crippen molar-refractivity contribution in [3.63, 3.8) is 0 Å². The highest BCUT2D eigenvalue weighted by molar-refractivity contribution is 7.92. The Bertz CT molecular complexity index is 537. The number of sulfone groups is 1. The molecule has 16 heavy (non-hydrogen) atoms. The highest BCUT2D eigenvalue weighted by Crippen LogP contribution is 2.38. The van der Waals surface area contributed by atoms with Crippen LogP contribution >= 0.6 is 0 Å². The van der Waals surface area contributed by atoms with Crippen LogP contribution in [-0.2, 0) is 9.84 Å². The van der Waals surface area contributed by atoms with Crippen LogP contribution in [-0.4, -0.2) is 13.7 Å². The molecule has 0 radical (unpaired) electrons. The average Bonchev–Trinajstić information content (AvgIpc) is 2.19. The molecule has 1 unspecified atom stereocenters. The van der Waals surface area contributed by atoms with Gasteiger partial charge in [0.1, 0.15) is 0 Å². The molecule has 88 valence electrons. The van der Waals surface area contributed by atoms with Crippen LogP contribution in [0.1, 0.15) is 31.7 Å².